The lowest BCUT2D eigenvalue weighted by Crippen LogP contribution is -2.44. The van der Waals surface area contributed by atoms with E-state index in [1.165, 1.54) is 10.5 Å². The molecule has 2 N–H and O–H groups in total. The van der Waals surface area contributed by atoms with Gasteiger partial charge in [-0.05, 0) is 64.5 Å². The van der Waals surface area contributed by atoms with Crippen LogP contribution in [0.4, 0.5) is 0 Å². The molecule has 0 radical (unpaired) electrons. The van der Waals surface area contributed by atoms with Gasteiger partial charge >= 0.3 is 0 Å². The number of aryl methyl sites for hydroxylation is 1. The van der Waals surface area contributed by atoms with Crippen molar-refractivity contribution in [3.8, 4) is 11.5 Å². The summed E-state index contributed by atoms with van der Waals surface area (Å²) in [6.07, 6.45) is 9.69. The Morgan fingerprint density at radius 2 is 1.76 bits per heavy atom. The Hall–Kier alpha value is -2.28. The van der Waals surface area contributed by atoms with Gasteiger partial charge in [-0.2, -0.15) is 0 Å². The van der Waals surface area contributed by atoms with Crippen LogP contribution in [0.1, 0.15) is 81.3 Å². The molecule has 2 rings (SSSR count). The molecule has 0 aromatic heterocycles. The molecule has 0 saturated carbocycles. The Morgan fingerprint density at radius 3 is 2.36 bits per heavy atom. The van der Waals surface area contributed by atoms with Crippen LogP contribution in [0.2, 0.25) is 0 Å². The van der Waals surface area contributed by atoms with Gasteiger partial charge < -0.3 is 15.1 Å². The second-order valence-electron chi connectivity index (χ2n) is 9.23. The van der Waals surface area contributed by atoms with Crippen molar-refractivity contribution in [2.24, 2.45) is 0 Å². The van der Waals surface area contributed by atoms with Crippen LogP contribution in [-0.2, 0) is 22.7 Å². The molecule has 1 saturated heterocycles. The molecular formula is C26H39NO5S. The highest BCUT2D eigenvalue weighted by Crippen LogP contribution is 2.36. The number of sulfone groups is 1. The zero-order valence-corrected chi connectivity index (χ0v) is 21.3. The summed E-state index contributed by atoms with van der Waals surface area (Å²) in [6, 6.07) is 1.60. The minimum Gasteiger partial charge on any atom is -0.508 e. The number of aromatic hydroxyl groups is 2. The molecule has 1 aliphatic rings. The SMILES string of the molecule is CCCCCc1cc(O)c(CC=C(C)CCC=C(C)C)c(O)c1C(=O)N1CCS(=O)(=O)CC1. The van der Waals surface area contributed by atoms with Gasteiger partial charge in [-0.1, -0.05) is 43.1 Å². The Labute approximate surface area is 198 Å². The number of carbonyl (C=O) groups is 1. The quantitative estimate of drug-likeness (QED) is 0.368. The molecule has 6 nitrogen and oxygen atoms in total. The Balaban J connectivity index is 2.34. The van der Waals surface area contributed by atoms with Gasteiger partial charge in [0.2, 0.25) is 0 Å². The predicted molar refractivity (Wildman–Crippen MR) is 134 cm³/mol. The third-order valence-corrected chi connectivity index (χ3v) is 7.71. The molecule has 1 aliphatic heterocycles. The predicted octanol–water partition coefficient (Wildman–Crippen LogP) is 4.94. The fraction of sp³-hybridized carbons (Fsp3) is 0.577. The average Bonchev–Trinajstić information content (AvgIpc) is 2.73. The number of phenolic OH excluding ortho intramolecular Hbond substituents is 2. The van der Waals surface area contributed by atoms with Crippen molar-refractivity contribution in [2.75, 3.05) is 24.6 Å². The van der Waals surface area contributed by atoms with E-state index in [0.29, 0.717) is 24.0 Å². The summed E-state index contributed by atoms with van der Waals surface area (Å²) in [5, 5.41) is 21.8. The van der Waals surface area contributed by atoms with Gasteiger partial charge in [0.25, 0.3) is 5.91 Å². The molecule has 1 heterocycles. The summed E-state index contributed by atoms with van der Waals surface area (Å²) in [6.45, 7) is 8.47. The fourth-order valence-corrected chi connectivity index (χ4v) is 5.19. The topological polar surface area (TPSA) is 94.9 Å². The summed E-state index contributed by atoms with van der Waals surface area (Å²) in [4.78, 5) is 14.9. The number of phenols is 2. The molecule has 184 valence electrons. The molecule has 7 heteroatoms. The zero-order valence-electron chi connectivity index (χ0n) is 20.5. The van der Waals surface area contributed by atoms with Crippen molar-refractivity contribution < 1.29 is 23.4 Å². The van der Waals surface area contributed by atoms with Crippen LogP contribution in [-0.4, -0.2) is 54.0 Å². The van der Waals surface area contributed by atoms with Crippen LogP contribution >= 0.6 is 0 Å². The maximum Gasteiger partial charge on any atom is 0.257 e. The lowest BCUT2D eigenvalue weighted by atomic mass is 9.94. The Morgan fingerprint density at radius 1 is 1.09 bits per heavy atom. The number of nitrogens with zero attached hydrogens (tertiary/aromatic N) is 1. The van der Waals surface area contributed by atoms with Gasteiger partial charge in [0, 0.05) is 18.7 Å². The van der Waals surface area contributed by atoms with E-state index in [2.05, 4.69) is 26.8 Å². The highest BCUT2D eigenvalue weighted by atomic mass is 32.2. The molecule has 1 aromatic rings. The van der Waals surface area contributed by atoms with E-state index in [9.17, 15) is 23.4 Å². The molecule has 0 unspecified atom stereocenters. The first-order valence-corrected chi connectivity index (χ1v) is 13.7. The van der Waals surface area contributed by atoms with Crippen LogP contribution in [0.25, 0.3) is 0 Å². The van der Waals surface area contributed by atoms with Crippen molar-refractivity contribution in [2.45, 2.75) is 72.6 Å². The molecule has 0 bridgehead atoms. The molecule has 0 spiro atoms. The van der Waals surface area contributed by atoms with Crippen LogP contribution in [0.3, 0.4) is 0 Å². The van der Waals surface area contributed by atoms with Crippen LogP contribution < -0.4 is 0 Å². The molecule has 1 aromatic carbocycles. The van der Waals surface area contributed by atoms with Gasteiger partial charge in [-0.3, -0.25) is 4.79 Å². The minimum absolute atomic E-state index is 0.00915. The third-order valence-electron chi connectivity index (χ3n) is 6.10. The Kier molecular flexibility index (Phi) is 10.0. The first-order valence-electron chi connectivity index (χ1n) is 11.9. The fourth-order valence-electron chi connectivity index (χ4n) is 3.99. The van der Waals surface area contributed by atoms with Gasteiger partial charge in [0.05, 0.1) is 17.1 Å². The molecule has 0 atom stereocenters. The van der Waals surface area contributed by atoms with Gasteiger partial charge in [-0.15, -0.1) is 0 Å². The lowest BCUT2D eigenvalue weighted by molar-refractivity contribution is 0.0766. The van der Waals surface area contributed by atoms with Crippen molar-refractivity contribution in [1.29, 1.82) is 0 Å². The van der Waals surface area contributed by atoms with E-state index < -0.39 is 9.84 Å². The van der Waals surface area contributed by atoms with E-state index in [1.807, 2.05) is 13.0 Å². The first kappa shape index (κ1) is 27.0. The molecule has 33 heavy (non-hydrogen) atoms. The molecule has 0 aliphatic carbocycles. The van der Waals surface area contributed by atoms with E-state index in [0.717, 1.165) is 37.7 Å². The molecule has 1 amide bonds. The normalized spacial score (nSPS) is 16.0. The van der Waals surface area contributed by atoms with Crippen molar-refractivity contribution in [1.82, 2.24) is 4.90 Å². The lowest BCUT2D eigenvalue weighted by Gasteiger charge is -2.28. The van der Waals surface area contributed by atoms with E-state index in [4.69, 9.17) is 0 Å². The smallest absolute Gasteiger partial charge is 0.257 e. The third kappa shape index (κ3) is 7.91. The van der Waals surface area contributed by atoms with Gasteiger partial charge in [0.15, 0.2) is 9.84 Å². The highest BCUT2D eigenvalue weighted by Gasteiger charge is 2.30. The van der Waals surface area contributed by atoms with Crippen molar-refractivity contribution in [3.63, 3.8) is 0 Å². The van der Waals surface area contributed by atoms with Crippen LogP contribution in [0.5, 0.6) is 11.5 Å². The van der Waals surface area contributed by atoms with Crippen LogP contribution in [0.15, 0.2) is 29.4 Å². The Bertz CT molecular complexity index is 990. The number of carbonyl (C=O) groups excluding carboxylic acids is 1. The van der Waals surface area contributed by atoms with Gasteiger partial charge in [-0.25, -0.2) is 8.42 Å². The summed E-state index contributed by atoms with van der Waals surface area (Å²) in [5.74, 6) is -0.690. The second kappa shape index (κ2) is 12.3. The number of hydrogen-bond acceptors (Lipinski definition) is 5. The number of unbranched alkanes of at least 4 members (excludes halogenated alkanes) is 2. The van der Waals surface area contributed by atoms with Gasteiger partial charge in [0.1, 0.15) is 11.5 Å². The molecular weight excluding hydrogens is 438 g/mol. The zero-order chi connectivity index (χ0) is 24.6. The number of amides is 1. The number of benzene rings is 1. The van der Waals surface area contributed by atoms with Crippen molar-refractivity contribution in [3.05, 3.63) is 46.1 Å². The van der Waals surface area contributed by atoms with E-state index >= 15 is 0 Å². The maximum absolute atomic E-state index is 13.4. The summed E-state index contributed by atoms with van der Waals surface area (Å²) in [5.41, 5.74) is 3.57. The monoisotopic (exact) mass is 477 g/mol. The first-order chi connectivity index (χ1) is 15.6. The standard InChI is InChI=1S/C26H39NO5S/c1-5-6-7-11-21-18-23(28)22(13-12-20(4)10-8-9-19(2)3)25(29)24(21)26(30)27-14-16-33(31,32)17-15-27/h9,12,18,28-29H,5-8,10-11,13-17H2,1-4H3. The minimum atomic E-state index is -3.12. The summed E-state index contributed by atoms with van der Waals surface area (Å²) >= 11 is 0. The van der Waals surface area contributed by atoms with E-state index in [1.54, 1.807) is 6.07 Å². The number of rotatable bonds is 10. The average molecular weight is 478 g/mol. The largest absolute Gasteiger partial charge is 0.508 e. The van der Waals surface area contributed by atoms with Crippen molar-refractivity contribution >= 4 is 15.7 Å². The summed E-state index contributed by atoms with van der Waals surface area (Å²) < 4.78 is 23.6. The maximum atomic E-state index is 13.4. The highest BCUT2D eigenvalue weighted by molar-refractivity contribution is 7.91. The number of hydrogen-bond donors (Lipinski definition) is 2. The number of allylic oxidation sites excluding steroid dienone is 4. The molecule has 1 fully saturated rings. The second-order valence-corrected chi connectivity index (χ2v) is 11.5. The summed E-state index contributed by atoms with van der Waals surface area (Å²) in [7, 11) is -3.12. The van der Waals surface area contributed by atoms with Crippen LogP contribution in [0, 0.1) is 0 Å². The van der Waals surface area contributed by atoms with E-state index in [-0.39, 0.29) is 47.6 Å².